The molecule has 1 heterocycles. The van der Waals surface area contributed by atoms with E-state index in [9.17, 15) is 9.59 Å². The third kappa shape index (κ3) is 1.72. The molecule has 1 saturated heterocycles. The van der Waals surface area contributed by atoms with E-state index < -0.39 is 0 Å². The number of hydrogen-bond donors (Lipinski definition) is 0. The smallest absolute Gasteiger partial charge is 0.143 e. The average molecular weight is 168 g/mol. The molecule has 3 nitrogen and oxygen atoms in total. The third-order valence-electron chi connectivity index (χ3n) is 2.55. The lowest BCUT2D eigenvalue weighted by Crippen LogP contribution is -2.25. The van der Waals surface area contributed by atoms with Crippen molar-refractivity contribution in [3.05, 3.63) is 0 Å². The molecule has 2 atom stereocenters. The molecule has 0 N–H and O–H groups in total. The Hall–Kier alpha value is -0.700. The van der Waals surface area contributed by atoms with Crippen molar-refractivity contribution < 1.29 is 14.3 Å². The number of carbonyl (C=O) groups is 2. The highest BCUT2D eigenvalue weighted by Gasteiger charge is 2.33. The van der Waals surface area contributed by atoms with Gasteiger partial charge in [0.25, 0.3) is 0 Å². The summed E-state index contributed by atoms with van der Waals surface area (Å²) in [5.74, 6) is 0.338. The molecule has 66 valence electrons. The summed E-state index contributed by atoms with van der Waals surface area (Å²) >= 11 is 0. The van der Waals surface area contributed by atoms with Crippen LogP contribution in [0, 0.1) is 5.92 Å². The van der Waals surface area contributed by atoms with Crippen molar-refractivity contribution in [2.45, 2.75) is 31.8 Å². The van der Waals surface area contributed by atoms with Crippen LogP contribution >= 0.6 is 0 Å². The largest absolute Gasteiger partial charge is 0.373 e. The number of epoxide rings is 1. The Morgan fingerprint density at radius 3 is 2.75 bits per heavy atom. The maximum absolute atomic E-state index is 11.3. The van der Waals surface area contributed by atoms with Crippen LogP contribution in [0.2, 0.25) is 0 Å². The van der Waals surface area contributed by atoms with E-state index in [1.807, 2.05) is 0 Å². The molecule has 1 aliphatic heterocycles. The quantitative estimate of drug-likeness (QED) is 0.450. The maximum Gasteiger partial charge on any atom is 0.143 e. The Bertz CT molecular complexity index is 218. The second kappa shape index (κ2) is 2.98. The number of Topliss-reactive ketones (excluding diaryl/α,β-unsaturated/α-hetero) is 2. The van der Waals surface area contributed by atoms with Gasteiger partial charge in [-0.3, -0.25) is 9.59 Å². The van der Waals surface area contributed by atoms with Crippen LogP contribution in [0.4, 0.5) is 0 Å². The average Bonchev–Trinajstić information content (AvgIpc) is 2.79. The number of rotatable bonds is 2. The maximum atomic E-state index is 11.3. The van der Waals surface area contributed by atoms with Crippen LogP contribution in [-0.4, -0.2) is 24.3 Å². The number of ketones is 2. The summed E-state index contributed by atoms with van der Waals surface area (Å²) in [4.78, 5) is 22.2. The Morgan fingerprint density at radius 1 is 1.42 bits per heavy atom. The molecule has 0 aromatic heterocycles. The van der Waals surface area contributed by atoms with Crippen LogP contribution < -0.4 is 0 Å². The van der Waals surface area contributed by atoms with E-state index >= 15 is 0 Å². The molecular formula is C9H12O3. The van der Waals surface area contributed by atoms with Gasteiger partial charge in [-0.1, -0.05) is 0 Å². The second-order valence-electron chi connectivity index (χ2n) is 3.61. The number of hydrogen-bond acceptors (Lipinski definition) is 3. The van der Waals surface area contributed by atoms with E-state index in [-0.39, 0.29) is 23.9 Å². The minimum atomic E-state index is 0.105. The van der Waals surface area contributed by atoms with Crippen molar-refractivity contribution in [3.8, 4) is 0 Å². The third-order valence-corrected chi connectivity index (χ3v) is 2.55. The van der Waals surface area contributed by atoms with E-state index in [4.69, 9.17) is 4.74 Å². The van der Waals surface area contributed by atoms with Gasteiger partial charge in [0.05, 0.1) is 19.1 Å². The Balaban J connectivity index is 1.88. The monoisotopic (exact) mass is 168 g/mol. The molecule has 0 bridgehead atoms. The molecule has 0 aromatic carbocycles. The highest BCUT2D eigenvalue weighted by atomic mass is 16.6. The van der Waals surface area contributed by atoms with E-state index in [1.54, 1.807) is 0 Å². The molecule has 0 aromatic rings. The highest BCUT2D eigenvalue weighted by molar-refractivity contribution is 6.02. The van der Waals surface area contributed by atoms with Crippen molar-refractivity contribution in [1.29, 1.82) is 0 Å². The van der Waals surface area contributed by atoms with Crippen LogP contribution in [0.15, 0.2) is 0 Å². The first-order valence-electron chi connectivity index (χ1n) is 4.41. The lowest BCUT2D eigenvalue weighted by atomic mass is 9.84. The zero-order chi connectivity index (χ0) is 8.55. The van der Waals surface area contributed by atoms with Gasteiger partial charge in [0.2, 0.25) is 0 Å². The van der Waals surface area contributed by atoms with Crippen molar-refractivity contribution in [3.63, 3.8) is 0 Å². The highest BCUT2D eigenvalue weighted by Crippen LogP contribution is 2.27. The van der Waals surface area contributed by atoms with Crippen LogP contribution in [0.3, 0.4) is 0 Å². The number of ether oxygens (including phenoxy) is 1. The molecule has 1 saturated carbocycles. The molecule has 1 aliphatic carbocycles. The zero-order valence-corrected chi connectivity index (χ0v) is 6.91. The molecule has 0 spiro atoms. The minimum Gasteiger partial charge on any atom is -0.373 e. The Morgan fingerprint density at radius 2 is 2.17 bits per heavy atom. The molecule has 12 heavy (non-hydrogen) atoms. The lowest BCUT2D eigenvalue weighted by molar-refractivity contribution is -0.132. The summed E-state index contributed by atoms with van der Waals surface area (Å²) in [6.07, 6.45) is 2.65. The lowest BCUT2D eigenvalue weighted by Gasteiger charge is -2.18. The summed E-state index contributed by atoms with van der Waals surface area (Å²) in [5.41, 5.74) is 0. The standard InChI is InChI=1S/C9H12O3/c10-7-2-1-6(9(11)4-7)3-8-5-12-8/h6,8H,1-5H2. The van der Waals surface area contributed by atoms with Gasteiger partial charge < -0.3 is 4.74 Å². The van der Waals surface area contributed by atoms with Gasteiger partial charge in [0.1, 0.15) is 11.6 Å². The van der Waals surface area contributed by atoms with Crippen LogP contribution in [-0.2, 0) is 14.3 Å². The van der Waals surface area contributed by atoms with Gasteiger partial charge in [-0.2, -0.15) is 0 Å². The van der Waals surface area contributed by atoms with Gasteiger partial charge in [-0.25, -0.2) is 0 Å². The Labute approximate surface area is 71.1 Å². The first kappa shape index (κ1) is 7.92. The molecule has 0 amide bonds. The molecule has 2 rings (SSSR count). The van der Waals surface area contributed by atoms with Gasteiger partial charge in [0.15, 0.2) is 0 Å². The van der Waals surface area contributed by atoms with Crippen LogP contribution in [0.1, 0.15) is 25.7 Å². The zero-order valence-electron chi connectivity index (χ0n) is 6.91. The first-order valence-corrected chi connectivity index (χ1v) is 4.41. The van der Waals surface area contributed by atoms with Crippen molar-refractivity contribution in [1.82, 2.24) is 0 Å². The molecule has 3 heteroatoms. The second-order valence-corrected chi connectivity index (χ2v) is 3.61. The predicted octanol–water partition coefficient (Wildman–Crippen LogP) is 0.714. The Kier molecular flexibility index (Phi) is 1.97. The van der Waals surface area contributed by atoms with E-state index in [0.29, 0.717) is 12.5 Å². The molecule has 2 unspecified atom stereocenters. The summed E-state index contributed by atoms with van der Waals surface area (Å²) < 4.78 is 5.05. The molecular weight excluding hydrogens is 156 g/mol. The SMILES string of the molecule is O=C1CCC(CC2CO2)C(=O)C1. The van der Waals surface area contributed by atoms with Gasteiger partial charge in [-0.05, 0) is 12.8 Å². The molecule has 2 fully saturated rings. The van der Waals surface area contributed by atoms with Crippen molar-refractivity contribution >= 4 is 11.6 Å². The van der Waals surface area contributed by atoms with Gasteiger partial charge >= 0.3 is 0 Å². The molecule has 0 radical (unpaired) electrons. The summed E-state index contributed by atoms with van der Waals surface area (Å²) in [7, 11) is 0. The summed E-state index contributed by atoms with van der Waals surface area (Å²) in [5, 5.41) is 0. The van der Waals surface area contributed by atoms with Gasteiger partial charge in [-0.15, -0.1) is 0 Å². The summed E-state index contributed by atoms with van der Waals surface area (Å²) in [6, 6.07) is 0. The fourth-order valence-electron chi connectivity index (χ4n) is 1.69. The van der Waals surface area contributed by atoms with Crippen LogP contribution in [0.5, 0.6) is 0 Å². The topological polar surface area (TPSA) is 46.7 Å². The van der Waals surface area contributed by atoms with Crippen molar-refractivity contribution in [2.24, 2.45) is 5.92 Å². The minimum absolute atomic E-state index is 0.105. The van der Waals surface area contributed by atoms with Gasteiger partial charge in [0, 0.05) is 12.3 Å². The normalized spacial score (nSPS) is 35.3. The molecule has 2 aliphatic rings. The fourth-order valence-corrected chi connectivity index (χ4v) is 1.69. The number of carbonyl (C=O) groups excluding carboxylic acids is 2. The van der Waals surface area contributed by atoms with Crippen LogP contribution in [0.25, 0.3) is 0 Å². The summed E-state index contributed by atoms with van der Waals surface area (Å²) in [6.45, 7) is 0.803. The fraction of sp³-hybridized carbons (Fsp3) is 0.778. The first-order chi connectivity index (χ1) is 5.75. The van der Waals surface area contributed by atoms with E-state index in [2.05, 4.69) is 0 Å². The van der Waals surface area contributed by atoms with Crippen molar-refractivity contribution in [2.75, 3.05) is 6.61 Å². The van der Waals surface area contributed by atoms with E-state index in [0.717, 1.165) is 19.4 Å². The van der Waals surface area contributed by atoms with E-state index in [1.165, 1.54) is 0 Å². The predicted molar refractivity (Wildman–Crippen MR) is 41.7 cm³/mol.